The van der Waals surface area contributed by atoms with Crippen molar-refractivity contribution < 1.29 is 9.84 Å². The van der Waals surface area contributed by atoms with Crippen molar-refractivity contribution in [3.8, 4) is 11.5 Å². The summed E-state index contributed by atoms with van der Waals surface area (Å²) in [5.41, 5.74) is 6.94. The molecule has 0 heterocycles. The minimum absolute atomic E-state index is 0.0227. The zero-order valence-corrected chi connectivity index (χ0v) is 8.66. The van der Waals surface area contributed by atoms with Crippen LogP contribution in [0.3, 0.4) is 0 Å². The third-order valence-electron chi connectivity index (χ3n) is 2.23. The summed E-state index contributed by atoms with van der Waals surface area (Å²) < 4.78 is 5.01. The van der Waals surface area contributed by atoms with Crippen LogP contribution in [0, 0.1) is 0 Å². The smallest absolute Gasteiger partial charge is 0.160 e. The van der Waals surface area contributed by atoms with Crippen LogP contribution in [0.4, 0.5) is 0 Å². The second-order valence-corrected chi connectivity index (χ2v) is 3.33. The van der Waals surface area contributed by atoms with E-state index < -0.39 is 0 Å². The van der Waals surface area contributed by atoms with E-state index in [-0.39, 0.29) is 11.8 Å². The summed E-state index contributed by atoms with van der Waals surface area (Å²) in [6, 6.07) is 5.26. The maximum absolute atomic E-state index is 9.38. The fraction of sp³-hybridized carbons (Fsp3) is 0.455. The van der Waals surface area contributed by atoms with Gasteiger partial charge < -0.3 is 15.6 Å². The quantitative estimate of drug-likeness (QED) is 0.774. The zero-order chi connectivity index (χ0) is 10.6. The van der Waals surface area contributed by atoms with Gasteiger partial charge in [-0.3, -0.25) is 0 Å². The Hall–Kier alpha value is -1.22. The van der Waals surface area contributed by atoms with Crippen molar-refractivity contribution in [2.75, 3.05) is 7.11 Å². The lowest BCUT2D eigenvalue weighted by Gasteiger charge is -2.12. The molecule has 1 rings (SSSR count). The van der Waals surface area contributed by atoms with Gasteiger partial charge in [0, 0.05) is 6.04 Å². The van der Waals surface area contributed by atoms with Crippen LogP contribution >= 0.6 is 0 Å². The van der Waals surface area contributed by atoms with Crippen LogP contribution in [0.15, 0.2) is 18.2 Å². The van der Waals surface area contributed by atoms with E-state index in [2.05, 4.69) is 6.92 Å². The highest BCUT2D eigenvalue weighted by Crippen LogP contribution is 2.29. The molecule has 14 heavy (non-hydrogen) atoms. The van der Waals surface area contributed by atoms with Crippen molar-refractivity contribution in [1.29, 1.82) is 0 Å². The number of aromatic hydroxyl groups is 1. The predicted molar refractivity (Wildman–Crippen MR) is 56.5 cm³/mol. The molecule has 0 saturated heterocycles. The maximum Gasteiger partial charge on any atom is 0.160 e. The Bertz CT molecular complexity index is 299. The molecular formula is C11H17NO2. The van der Waals surface area contributed by atoms with Crippen molar-refractivity contribution in [3.05, 3.63) is 23.8 Å². The van der Waals surface area contributed by atoms with Gasteiger partial charge in [0.25, 0.3) is 0 Å². The van der Waals surface area contributed by atoms with Crippen LogP contribution in [-0.2, 0) is 0 Å². The molecule has 1 aromatic rings. The summed E-state index contributed by atoms with van der Waals surface area (Å²) in [5, 5.41) is 9.38. The number of phenolic OH excluding ortho intramolecular Hbond substituents is 1. The van der Waals surface area contributed by atoms with E-state index >= 15 is 0 Å². The number of rotatable bonds is 4. The van der Waals surface area contributed by atoms with Crippen LogP contribution in [0.25, 0.3) is 0 Å². The first-order valence-electron chi connectivity index (χ1n) is 4.81. The van der Waals surface area contributed by atoms with E-state index in [4.69, 9.17) is 10.5 Å². The Labute approximate surface area is 84.5 Å². The van der Waals surface area contributed by atoms with Gasteiger partial charge in [-0.25, -0.2) is 0 Å². The molecule has 1 aromatic carbocycles. The summed E-state index contributed by atoms with van der Waals surface area (Å²) in [6.45, 7) is 2.09. The van der Waals surface area contributed by atoms with Crippen molar-refractivity contribution in [2.24, 2.45) is 5.73 Å². The molecule has 0 aliphatic carbocycles. The molecule has 0 saturated carbocycles. The maximum atomic E-state index is 9.38. The molecule has 0 aliphatic rings. The topological polar surface area (TPSA) is 55.5 Å². The second-order valence-electron chi connectivity index (χ2n) is 3.33. The van der Waals surface area contributed by atoms with Gasteiger partial charge in [0.1, 0.15) is 0 Å². The largest absolute Gasteiger partial charge is 0.504 e. The first kappa shape index (κ1) is 10.9. The van der Waals surface area contributed by atoms with Crippen LogP contribution < -0.4 is 10.5 Å². The predicted octanol–water partition coefficient (Wildman–Crippen LogP) is 2.20. The Morgan fingerprint density at radius 3 is 2.79 bits per heavy atom. The van der Waals surface area contributed by atoms with Crippen LogP contribution in [0.5, 0.6) is 11.5 Å². The molecule has 3 heteroatoms. The lowest BCUT2D eigenvalue weighted by molar-refractivity contribution is 0.372. The number of phenols is 1. The first-order valence-corrected chi connectivity index (χ1v) is 4.81. The third kappa shape index (κ3) is 2.39. The molecule has 0 aliphatic heterocycles. The van der Waals surface area contributed by atoms with E-state index in [1.54, 1.807) is 12.1 Å². The fourth-order valence-corrected chi connectivity index (χ4v) is 1.40. The minimum atomic E-state index is 0.0227. The summed E-state index contributed by atoms with van der Waals surface area (Å²) >= 11 is 0. The highest BCUT2D eigenvalue weighted by molar-refractivity contribution is 5.42. The van der Waals surface area contributed by atoms with Crippen LogP contribution in [0.1, 0.15) is 31.4 Å². The highest BCUT2D eigenvalue weighted by atomic mass is 16.5. The van der Waals surface area contributed by atoms with Gasteiger partial charge in [-0.05, 0) is 24.1 Å². The third-order valence-corrected chi connectivity index (χ3v) is 2.23. The second kappa shape index (κ2) is 4.86. The van der Waals surface area contributed by atoms with Crippen LogP contribution in [-0.4, -0.2) is 12.2 Å². The number of hydrogen-bond donors (Lipinski definition) is 2. The number of nitrogens with two attached hydrogens (primary N) is 1. The van der Waals surface area contributed by atoms with Crippen molar-refractivity contribution >= 4 is 0 Å². The normalized spacial score (nSPS) is 12.5. The molecule has 1 atom stereocenters. The SMILES string of the molecule is CCC[C@@H](N)c1ccc(O)c(OC)c1. The summed E-state index contributed by atoms with van der Waals surface area (Å²) in [7, 11) is 1.53. The van der Waals surface area contributed by atoms with Gasteiger partial charge in [-0.15, -0.1) is 0 Å². The molecule has 0 aromatic heterocycles. The Kier molecular flexibility index (Phi) is 3.77. The van der Waals surface area contributed by atoms with Gasteiger partial charge in [-0.1, -0.05) is 19.4 Å². The van der Waals surface area contributed by atoms with Gasteiger partial charge in [-0.2, -0.15) is 0 Å². The molecule has 0 unspecified atom stereocenters. The van der Waals surface area contributed by atoms with Gasteiger partial charge in [0.15, 0.2) is 11.5 Å². The zero-order valence-electron chi connectivity index (χ0n) is 8.66. The van der Waals surface area contributed by atoms with E-state index in [0.717, 1.165) is 18.4 Å². The Balaban J connectivity index is 2.88. The highest BCUT2D eigenvalue weighted by Gasteiger charge is 2.08. The number of benzene rings is 1. The Morgan fingerprint density at radius 1 is 1.50 bits per heavy atom. The van der Waals surface area contributed by atoms with Crippen molar-refractivity contribution in [1.82, 2.24) is 0 Å². The standard InChI is InChI=1S/C11H17NO2/c1-3-4-9(12)8-5-6-10(13)11(7-8)14-2/h5-7,9,13H,3-4,12H2,1-2H3/t9-/m1/s1. The number of methoxy groups -OCH3 is 1. The average Bonchev–Trinajstić information content (AvgIpc) is 2.19. The summed E-state index contributed by atoms with van der Waals surface area (Å²) in [4.78, 5) is 0. The van der Waals surface area contributed by atoms with Gasteiger partial charge in [0.05, 0.1) is 7.11 Å². The molecule has 0 bridgehead atoms. The monoisotopic (exact) mass is 195 g/mol. The van der Waals surface area contributed by atoms with Crippen molar-refractivity contribution in [2.45, 2.75) is 25.8 Å². The summed E-state index contributed by atoms with van der Waals surface area (Å²) in [6.07, 6.45) is 1.98. The molecule has 78 valence electrons. The lowest BCUT2D eigenvalue weighted by atomic mass is 10.0. The van der Waals surface area contributed by atoms with Gasteiger partial charge in [0.2, 0.25) is 0 Å². The van der Waals surface area contributed by atoms with E-state index in [9.17, 15) is 5.11 Å². The lowest BCUT2D eigenvalue weighted by Crippen LogP contribution is -2.09. The van der Waals surface area contributed by atoms with E-state index in [1.165, 1.54) is 7.11 Å². The molecular weight excluding hydrogens is 178 g/mol. The number of ether oxygens (including phenoxy) is 1. The van der Waals surface area contributed by atoms with Crippen LogP contribution in [0.2, 0.25) is 0 Å². The molecule has 0 amide bonds. The van der Waals surface area contributed by atoms with E-state index in [0.29, 0.717) is 5.75 Å². The minimum Gasteiger partial charge on any atom is -0.504 e. The molecule has 3 N–H and O–H groups in total. The molecule has 0 spiro atoms. The molecule has 0 fully saturated rings. The fourth-order valence-electron chi connectivity index (χ4n) is 1.40. The average molecular weight is 195 g/mol. The van der Waals surface area contributed by atoms with E-state index in [1.807, 2.05) is 6.07 Å². The number of hydrogen-bond acceptors (Lipinski definition) is 3. The van der Waals surface area contributed by atoms with Crippen molar-refractivity contribution in [3.63, 3.8) is 0 Å². The van der Waals surface area contributed by atoms with Gasteiger partial charge >= 0.3 is 0 Å². The molecule has 0 radical (unpaired) electrons. The summed E-state index contributed by atoms with van der Waals surface area (Å²) in [5.74, 6) is 0.633. The molecule has 3 nitrogen and oxygen atoms in total. The first-order chi connectivity index (χ1) is 6.69. The Morgan fingerprint density at radius 2 is 2.21 bits per heavy atom.